The summed E-state index contributed by atoms with van der Waals surface area (Å²) in [4.78, 5) is 4.40. The number of aromatic nitrogens is 3. The van der Waals surface area contributed by atoms with E-state index in [2.05, 4.69) is 41.3 Å². The molecule has 0 aliphatic carbocycles. The van der Waals surface area contributed by atoms with Crippen molar-refractivity contribution in [1.29, 1.82) is 0 Å². The van der Waals surface area contributed by atoms with Gasteiger partial charge in [-0.05, 0) is 43.5 Å². The molecule has 4 nitrogen and oxygen atoms in total. The van der Waals surface area contributed by atoms with Crippen LogP contribution >= 0.6 is 0 Å². The van der Waals surface area contributed by atoms with Gasteiger partial charge in [-0.3, -0.25) is 9.67 Å². The van der Waals surface area contributed by atoms with Crippen molar-refractivity contribution in [2.24, 2.45) is 12.8 Å². The maximum absolute atomic E-state index is 6.40. The lowest BCUT2D eigenvalue weighted by atomic mass is 9.97. The molecule has 2 heterocycles. The molecule has 0 saturated carbocycles. The van der Waals surface area contributed by atoms with Gasteiger partial charge in [0.2, 0.25) is 0 Å². The van der Waals surface area contributed by atoms with Crippen molar-refractivity contribution in [3.05, 3.63) is 59.0 Å². The van der Waals surface area contributed by atoms with Crippen LogP contribution in [0.1, 0.15) is 28.6 Å². The third-order valence-corrected chi connectivity index (χ3v) is 4.14. The fourth-order valence-electron chi connectivity index (χ4n) is 2.76. The van der Waals surface area contributed by atoms with Crippen LogP contribution in [-0.4, -0.2) is 14.8 Å². The summed E-state index contributed by atoms with van der Waals surface area (Å²) in [5.41, 5.74) is 12.0. The number of nitrogens with two attached hydrogens (primary N) is 1. The van der Waals surface area contributed by atoms with E-state index < -0.39 is 0 Å². The number of pyridine rings is 1. The Morgan fingerprint density at radius 3 is 2.76 bits per heavy atom. The molecule has 1 aromatic carbocycles. The maximum atomic E-state index is 6.40. The van der Waals surface area contributed by atoms with E-state index in [4.69, 9.17) is 5.73 Å². The zero-order valence-corrected chi connectivity index (χ0v) is 12.7. The summed E-state index contributed by atoms with van der Waals surface area (Å²) in [5, 5.41) is 5.60. The lowest BCUT2D eigenvalue weighted by molar-refractivity contribution is 0.708. The van der Waals surface area contributed by atoms with Gasteiger partial charge in [0.1, 0.15) is 0 Å². The number of fused-ring (bicyclic) bond motifs is 1. The SMILES string of the molecule is Cc1nn(C)c(C)c1CC(N)c1ccc2cccnc2c1. The van der Waals surface area contributed by atoms with E-state index in [1.165, 1.54) is 11.3 Å². The van der Waals surface area contributed by atoms with Crippen LogP contribution in [0.3, 0.4) is 0 Å². The molecule has 2 aromatic heterocycles. The maximum Gasteiger partial charge on any atom is 0.0705 e. The van der Waals surface area contributed by atoms with Gasteiger partial charge in [-0.2, -0.15) is 5.10 Å². The van der Waals surface area contributed by atoms with E-state index in [9.17, 15) is 0 Å². The number of benzene rings is 1. The zero-order valence-electron chi connectivity index (χ0n) is 12.7. The number of rotatable bonds is 3. The Morgan fingerprint density at radius 1 is 1.24 bits per heavy atom. The number of hydrogen-bond donors (Lipinski definition) is 1. The fourth-order valence-corrected chi connectivity index (χ4v) is 2.76. The standard InChI is InChI=1S/C17H20N4/c1-11-15(12(2)21(3)20-11)10-16(18)14-7-6-13-5-4-8-19-17(13)9-14/h4-9,16H,10,18H2,1-3H3. The molecule has 2 N–H and O–H groups in total. The Bertz CT molecular complexity index is 789. The Hall–Kier alpha value is -2.20. The van der Waals surface area contributed by atoms with Crippen molar-refractivity contribution < 1.29 is 0 Å². The van der Waals surface area contributed by atoms with Crippen LogP contribution in [0.5, 0.6) is 0 Å². The summed E-state index contributed by atoms with van der Waals surface area (Å²) in [6.07, 6.45) is 2.61. The average molecular weight is 280 g/mol. The normalized spacial score (nSPS) is 12.8. The predicted octanol–water partition coefficient (Wildman–Crippen LogP) is 2.83. The summed E-state index contributed by atoms with van der Waals surface area (Å²) in [6, 6.07) is 10.2. The Kier molecular flexibility index (Phi) is 3.47. The molecule has 108 valence electrons. The quantitative estimate of drug-likeness (QED) is 0.802. The second kappa shape index (κ2) is 5.30. The van der Waals surface area contributed by atoms with Gasteiger partial charge < -0.3 is 5.73 Å². The van der Waals surface area contributed by atoms with Gasteiger partial charge in [0.15, 0.2) is 0 Å². The van der Waals surface area contributed by atoms with Gasteiger partial charge in [0.05, 0.1) is 11.2 Å². The van der Waals surface area contributed by atoms with Crippen molar-refractivity contribution in [3.63, 3.8) is 0 Å². The van der Waals surface area contributed by atoms with Crippen LogP contribution in [0.2, 0.25) is 0 Å². The van der Waals surface area contributed by atoms with Crippen molar-refractivity contribution in [2.75, 3.05) is 0 Å². The molecular weight excluding hydrogens is 260 g/mol. The van der Waals surface area contributed by atoms with Crippen molar-refractivity contribution >= 4 is 10.9 Å². The molecule has 0 radical (unpaired) electrons. The molecule has 1 atom stereocenters. The van der Waals surface area contributed by atoms with Crippen molar-refractivity contribution in [3.8, 4) is 0 Å². The molecule has 0 spiro atoms. The molecule has 0 aliphatic rings. The molecular formula is C17H20N4. The van der Waals surface area contributed by atoms with Crippen LogP contribution in [0.15, 0.2) is 36.5 Å². The minimum atomic E-state index is -0.0435. The zero-order chi connectivity index (χ0) is 15.0. The first kappa shape index (κ1) is 13.8. The second-order valence-electron chi connectivity index (χ2n) is 5.54. The second-order valence-corrected chi connectivity index (χ2v) is 5.54. The van der Waals surface area contributed by atoms with Crippen LogP contribution in [0.25, 0.3) is 10.9 Å². The summed E-state index contributed by atoms with van der Waals surface area (Å²) >= 11 is 0. The Balaban J connectivity index is 1.91. The van der Waals surface area contributed by atoms with E-state index >= 15 is 0 Å². The minimum absolute atomic E-state index is 0.0435. The van der Waals surface area contributed by atoms with Gasteiger partial charge in [0.25, 0.3) is 0 Å². The van der Waals surface area contributed by atoms with Crippen LogP contribution in [-0.2, 0) is 13.5 Å². The molecule has 0 amide bonds. The number of aryl methyl sites for hydroxylation is 2. The molecule has 4 heteroatoms. The third kappa shape index (κ3) is 2.54. The number of hydrogen-bond acceptors (Lipinski definition) is 3. The number of nitrogens with zero attached hydrogens (tertiary/aromatic N) is 3. The lowest BCUT2D eigenvalue weighted by Gasteiger charge is -2.13. The highest BCUT2D eigenvalue weighted by Gasteiger charge is 2.15. The van der Waals surface area contributed by atoms with Crippen molar-refractivity contribution in [2.45, 2.75) is 26.3 Å². The van der Waals surface area contributed by atoms with E-state index in [1.54, 1.807) is 0 Å². The predicted molar refractivity (Wildman–Crippen MR) is 85.1 cm³/mol. The van der Waals surface area contributed by atoms with Crippen LogP contribution in [0.4, 0.5) is 0 Å². The first-order valence-corrected chi connectivity index (χ1v) is 7.15. The smallest absolute Gasteiger partial charge is 0.0705 e. The highest BCUT2D eigenvalue weighted by atomic mass is 15.3. The highest BCUT2D eigenvalue weighted by Crippen LogP contribution is 2.23. The van der Waals surface area contributed by atoms with E-state index in [0.29, 0.717) is 0 Å². The Labute approximate surface area is 124 Å². The summed E-state index contributed by atoms with van der Waals surface area (Å²) in [7, 11) is 1.97. The minimum Gasteiger partial charge on any atom is -0.324 e. The van der Waals surface area contributed by atoms with Gasteiger partial charge in [-0.25, -0.2) is 0 Å². The molecule has 1 unspecified atom stereocenters. The van der Waals surface area contributed by atoms with Crippen LogP contribution < -0.4 is 5.73 Å². The van der Waals surface area contributed by atoms with Gasteiger partial charge in [0, 0.05) is 30.4 Å². The monoisotopic (exact) mass is 280 g/mol. The van der Waals surface area contributed by atoms with Gasteiger partial charge in [-0.15, -0.1) is 0 Å². The lowest BCUT2D eigenvalue weighted by Crippen LogP contribution is -2.14. The fraction of sp³-hybridized carbons (Fsp3) is 0.294. The molecule has 0 aliphatic heterocycles. The van der Waals surface area contributed by atoms with Gasteiger partial charge >= 0.3 is 0 Å². The van der Waals surface area contributed by atoms with E-state index in [0.717, 1.165) is 28.6 Å². The molecule has 0 saturated heterocycles. The van der Waals surface area contributed by atoms with Gasteiger partial charge in [-0.1, -0.05) is 18.2 Å². The third-order valence-electron chi connectivity index (χ3n) is 4.14. The highest BCUT2D eigenvalue weighted by molar-refractivity contribution is 5.79. The molecule has 3 rings (SSSR count). The Morgan fingerprint density at radius 2 is 2.05 bits per heavy atom. The topological polar surface area (TPSA) is 56.7 Å². The summed E-state index contributed by atoms with van der Waals surface area (Å²) in [5.74, 6) is 0. The van der Waals surface area contributed by atoms with Crippen LogP contribution in [0, 0.1) is 13.8 Å². The van der Waals surface area contributed by atoms with Crippen molar-refractivity contribution in [1.82, 2.24) is 14.8 Å². The van der Waals surface area contributed by atoms with E-state index in [-0.39, 0.29) is 6.04 Å². The molecule has 0 fully saturated rings. The first-order chi connectivity index (χ1) is 10.1. The largest absolute Gasteiger partial charge is 0.324 e. The van der Waals surface area contributed by atoms with E-state index in [1.807, 2.05) is 30.9 Å². The molecule has 0 bridgehead atoms. The summed E-state index contributed by atoms with van der Waals surface area (Å²) < 4.78 is 1.92. The molecule has 3 aromatic rings. The first-order valence-electron chi connectivity index (χ1n) is 7.15. The average Bonchev–Trinajstić information content (AvgIpc) is 2.73. The molecule has 21 heavy (non-hydrogen) atoms. The summed E-state index contributed by atoms with van der Waals surface area (Å²) in [6.45, 7) is 4.13.